The molecule has 0 radical (unpaired) electrons. The van der Waals surface area contributed by atoms with E-state index in [4.69, 9.17) is 8.83 Å². The minimum Gasteiger partial charge on any atom is -0.469 e. The van der Waals surface area contributed by atoms with Gasteiger partial charge in [0.25, 0.3) is 0 Å². The monoisotopic (exact) mass is 366 g/mol. The van der Waals surface area contributed by atoms with Crippen molar-refractivity contribution in [2.75, 3.05) is 13.1 Å². The second kappa shape index (κ2) is 9.62. The normalized spacial score (nSPS) is 11.6. The van der Waals surface area contributed by atoms with Crippen LogP contribution < -0.4 is 10.6 Å². The van der Waals surface area contributed by atoms with Crippen LogP contribution in [0.25, 0.3) is 0 Å². The quantitative estimate of drug-likeness (QED) is 0.472. The van der Waals surface area contributed by atoms with Crippen LogP contribution in [0.3, 0.4) is 0 Å². The van der Waals surface area contributed by atoms with Gasteiger partial charge in [-0.15, -0.1) is 0 Å². The Labute approximate surface area is 159 Å². The van der Waals surface area contributed by atoms with Crippen LogP contribution in [0.4, 0.5) is 0 Å². The Bertz CT molecular complexity index is 819. The van der Waals surface area contributed by atoms with Crippen LogP contribution in [0, 0.1) is 13.8 Å². The van der Waals surface area contributed by atoms with Crippen LogP contribution in [0.2, 0.25) is 0 Å². The molecule has 0 aliphatic heterocycles. The summed E-state index contributed by atoms with van der Waals surface area (Å²) in [5.41, 5.74) is 2.20. The highest BCUT2D eigenvalue weighted by atomic mass is 16.4. The fourth-order valence-corrected chi connectivity index (χ4v) is 2.66. The highest BCUT2D eigenvalue weighted by Crippen LogP contribution is 2.09. The van der Waals surface area contributed by atoms with Crippen molar-refractivity contribution in [2.24, 2.45) is 4.99 Å². The SMILES string of the molecule is Cc1nc(CN=C(NCCc2ccccc2)NCCc2ccco2)oc1C. The van der Waals surface area contributed by atoms with E-state index in [-0.39, 0.29) is 0 Å². The number of aryl methyl sites for hydroxylation is 2. The van der Waals surface area contributed by atoms with Crippen molar-refractivity contribution in [3.63, 3.8) is 0 Å². The Morgan fingerprint density at radius 3 is 2.44 bits per heavy atom. The number of oxazole rings is 1. The number of rotatable bonds is 8. The molecule has 0 aliphatic carbocycles. The molecular weight excluding hydrogens is 340 g/mol. The number of benzene rings is 1. The highest BCUT2D eigenvalue weighted by molar-refractivity contribution is 5.79. The third kappa shape index (κ3) is 6.02. The third-order valence-electron chi connectivity index (χ3n) is 4.24. The van der Waals surface area contributed by atoms with E-state index in [1.807, 2.05) is 32.0 Å². The zero-order valence-corrected chi connectivity index (χ0v) is 15.9. The minimum absolute atomic E-state index is 0.399. The standard InChI is InChI=1S/C21H26N4O2/c1-16-17(2)27-20(25-16)15-24-21(23-13-11-19-9-6-14-26-19)22-12-10-18-7-4-3-5-8-18/h3-9,14H,10-13,15H2,1-2H3,(H2,22,23,24). The zero-order valence-electron chi connectivity index (χ0n) is 15.9. The predicted molar refractivity (Wildman–Crippen MR) is 106 cm³/mol. The summed E-state index contributed by atoms with van der Waals surface area (Å²) >= 11 is 0. The van der Waals surface area contributed by atoms with Crippen LogP contribution in [-0.2, 0) is 19.4 Å². The lowest BCUT2D eigenvalue weighted by Crippen LogP contribution is -2.39. The van der Waals surface area contributed by atoms with Gasteiger partial charge in [-0.05, 0) is 38.0 Å². The molecule has 0 aliphatic rings. The average Bonchev–Trinajstić information content (AvgIpc) is 3.30. The van der Waals surface area contributed by atoms with Crippen LogP contribution >= 0.6 is 0 Å². The van der Waals surface area contributed by atoms with E-state index in [0.717, 1.165) is 49.1 Å². The highest BCUT2D eigenvalue weighted by Gasteiger charge is 2.06. The molecule has 3 aromatic rings. The van der Waals surface area contributed by atoms with Gasteiger partial charge >= 0.3 is 0 Å². The first-order chi connectivity index (χ1) is 13.2. The molecule has 0 saturated carbocycles. The van der Waals surface area contributed by atoms with Gasteiger partial charge in [-0.3, -0.25) is 0 Å². The molecular formula is C21H26N4O2. The Balaban J connectivity index is 1.55. The van der Waals surface area contributed by atoms with E-state index in [9.17, 15) is 0 Å². The molecule has 0 spiro atoms. The molecule has 27 heavy (non-hydrogen) atoms. The molecule has 2 N–H and O–H groups in total. The molecule has 6 nitrogen and oxygen atoms in total. The molecule has 2 aromatic heterocycles. The molecule has 0 bridgehead atoms. The fourth-order valence-electron chi connectivity index (χ4n) is 2.66. The molecule has 0 amide bonds. The third-order valence-corrected chi connectivity index (χ3v) is 4.24. The summed E-state index contributed by atoms with van der Waals surface area (Å²) in [5, 5.41) is 6.72. The van der Waals surface area contributed by atoms with Gasteiger partial charge < -0.3 is 19.5 Å². The van der Waals surface area contributed by atoms with Crippen molar-refractivity contribution in [3.8, 4) is 0 Å². The average molecular weight is 366 g/mol. The number of nitrogens with zero attached hydrogens (tertiary/aromatic N) is 2. The van der Waals surface area contributed by atoms with Crippen molar-refractivity contribution < 1.29 is 8.83 Å². The number of guanidine groups is 1. The van der Waals surface area contributed by atoms with Crippen LogP contribution in [0.5, 0.6) is 0 Å². The summed E-state index contributed by atoms with van der Waals surface area (Å²) in [5.74, 6) is 3.15. The number of hydrogen-bond acceptors (Lipinski definition) is 4. The van der Waals surface area contributed by atoms with E-state index in [1.54, 1.807) is 6.26 Å². The van der Waals surface area contributed by atoms with Crippen molar-refractivity contribution >= 4 is 5.96 Å². The Hall–Kier alpha value is -3.02. The van der Waals surface area contributed by atoms with Gasteiger partial charge in [-0.2, -0.15) is 0 Å². The lowest BCUT2D eigenvalue weighted by atomic mass is 10.1. The van der Waals surface area contributed by atoms with E-state index in [1.165, 1.54) is 5.56 Å². The van der Waals surface area contributed by atoms with Crippen LogP contribution in [0.1, 0.15) is 28.7 Å². The van der Waals surface area contributed by atoms with Crippen LogP contribution in [-0.4, -0.2) is 24.0 Å². The van der Waals surface area contributed by atoms with Gasteiger partial charge in [0.1, 0.15) is 18.1 Å². The van der Waals surface area contributed by atoms with Gasteiger partial charge in [-0.1, -0.05) is 30.3 Å². The summed E-state index contributed by atoms with van der Waals surface area (Å²) in [6.07, 6.45) is 3.41. The summed E-state index contributed by atoms with van der Waals surface area (Å²) in [7, 11) is 0. The molecule has 0 atom stereocenters. The van der Waals surface area contributed by atoms with Crippen molar-refractivity contribution in [3.05, 3.63) is 77.4 Å². The van der Waals surface area contributed by atoms with Gasteiger partial charge in [0.2, 0.25) is 5.89 Å². The molecule has 6 heteroatoms. The molecule has 1 aromatic carbocycles. The maximum Gasteiger partial charge on any atom is 0.216 e. The first kappa shape index (κ1) is 18.8. The topological polar surface area (TPSA) is 75.6 Å². The fraction of sp³-hybridized carbons (Fsp3) is 0.333. The lowest BCUT2D eigenvalue weighted by Gasteiger charge is -2.12. The largest absolute Gasteiger partial charge is 0.469 e. The van der Waals surface area contributed by atoms with E-state index in [2.05, 4.69) is 44.9 Å². The predicted octanol–water partition coefficient (Wildman–Crippen LogP) is 3.41. The molecule has 142 valence electrons. The maximum absolute atomic E-state index is 5.61. The number of nitrogens with one attached hydrogen (secondary N) is 2. The number of furan rings is 1. The van der Waals surface area contributed by atoms with Crippen molar-refractivity contribution in [2.45, 2.75) is 33.2 Å². The summed E-state index contributed by atoms with van der Waals surface area (Å²) in [4.78, 5) is 8.99. The molecule has 3 rings (SSSR count). The molecule has 0 unspecified atom stereocenters. The maximum atomic E-state index is 5.61. The smallest absolute Gasteiger partial charge is 0.216 e. The Kier molecular flexibility index (Phi) is 6.68. The lowest BCUT2D eigenvalue weighted by molar-refractivity contribution is 0.472. The Morgan fingerprint density at radius 2 is 1.78 bits per heavy atom. The van der Waals surface area contributed by atoms with Crippen molar-refractivity contribution in [1.29, 1.82) is 0 Å². The van der Waals surface area contributed by atoms with E-state index >= 15 is 0 Å². The van der Waals surface area contributed by atoms with Gasteiger partial charge in [0, 0.05) is 19.5 Å². The Morgan fingerprint density at radius 1 is 1.00 bits per heavy atom. The zero-order chi connectivity index (χ0) is 18.9. The molecule has 0 fully saturated rings. The van der Waals surface area contributed by atoms with Crippen molar-refractivity contribution in [1.82, 2.24) is 15.6 Å². The molecule has 0 saturated heterocycles. The minimum atomic E-state index is 0.399. The summed E-state index contributed by atoms with van der Waals surface area (Å²) < 4.78 is 11.0. The van der Waals surface area contributed by atoms with E-state index in [0.29, 0.717) is 12.4 Å². The van der Waals surface area contributed by atoms with E-state index < -0.39 is 0 Å². The van der Waals surface area contributed by atoms with Gasteiger partial charge in [-0.25, -0.2) is 9.98 Å². The summed E-state index contributed by atoms with van der Waals surface area (Å²) in [6.45, 7) is 5.77. The first-order valence-corrected chi connectivity index (χ1v) is 9.22. The second-order valence-corrected chi connectivity index (χ2v) is 6.33. The second-order valence-electron chi connectivity index (χ2n) is 6.33. The first-order valence-electron chi connectivity index (χ1n) is 9.22. The number of aromatic nitrogens is 1. The molecule has 2 heterocycles. The van der Waals surface area contributed by atoms with Gasteiger partial charge in [0.15, 0.2) is 5.96 Å². The summed E-state index contributed by atoms with van der Waals surface area (Å²) in [6, 6.07) is 14.3. The number of aliphatic imine (C=N–C) groups is 1. The van der Waals surface area contributed by atoms with Crippen LogP contribution in [0.15, 0.2) is 62.6 Å². The van der Waals surface area contributed by atoms with Gasteiger partial charge in [0.05, 0.1) is 12.0 Å². The number of hydrogen-bond donors (Lipinski definition) is 2.